The molecule has 0 saturated heterocycles. The summed E-state index contributed by atoms with van der Waals surface area (Å²) < 4.78 is 15.7. The molecule has 1 aromatic rings. The molecule has 1 atom stereocenters. The first-order valence-electron chi connectivity index (χ1n) is 7.27. The number of carbonyl (C=O) groups excluding carboxylic acids is 1. The molecule has 21 heavy (non-hydrogen) atoms. The molecule has 0 saturated carbocycles. The fourth-order valence-electron chi connectivity index (χ4n) is 1.55. The Bertz CT molecular complexity index is 405. The second-order valence-electron chi connectivity index (χ2n) is 4.78. The zero-order valence-electron chi connectivity index (χ0n) is 13.1. The number of nitrogens with one attached hydrogen (secondary N) is 1. The van der Waals surface area contributed by atoms with Crippen LogP contribution in [0.3, 0.4) is 0 Å². The maximum absolute atomic E-state index is 11.8. The summed E-state index contributed by atoms with van der Waals surface area (Å²) in [7, 11) is 1.64. The maximum atomic E-state index is 11.8. The zero-order valence-corrected chi connectivity index (χ0v) is 13.1. The number of amides is 1. The van der Waals surface area contributed by atoms with E-state index in [-0.39, 0.29) is 11.8 Å². The number of hydrogen-bond acceptors (Lipinski definition) is 4. The standard InChI is InChI=1S/C16H25NO4/c1-4-13(2)16(18)17-14-5-7-15(8-6-14)21-12-11-20-10-9-19-3/h5-8,13H,4,9-12H2,1-3H3,(H,17,18). The molecule has 0 spiro atoms. The third kappa shape index (κ3) is 7.11. The van der Waals surface area contributed by atoms with Gasteiger partial charge in [-0.2, -0.15) is 0 Å². The van der Waals surface area contributed by atoms with Gasteiger partial charge in [-0.05, 0) is 30.7 Å². The van der Waals surface area contributed by atoms with Crippen molar-refractivity contribution in [3.8, 4) is 5.75 Å². The predicted octanol–water partition coefficient (Wildman–Crippen LogP) is 2.71. The van der Waals surface area contributed by atoms with Crippen molar-refractivity contribution < 1.29 is 19.0 Å². The van der Waals surface area contributed by atoms with Crippen LogP contribution in [0.25, 0.3) is 0 Å². The van der Waals surface area contributed by atoms with E-state index in [9.17, 15) is 4.79 Å². The minimum atomic E-state index is 0.0187. The Morgan fingerprint density at radius 3 is 2.43 bits per heavy atom. The quantitative estimate of drug-likeness (QED) is 0.674. The Morgan fingerprint density at radius 1 is 1.14 bits per heavy atom. The second-order valence-corrected chi connectivity index (χ2v) is 4.78. The van der Waals surface area contributed by atoms with Crippen LogP contribution < -0.4 is 10.1 Å². The zero-order chi connectivity index (χ0) is 15.5. The summed E-state index contributed by atoms with van der Waals surface area (Å²) in [6.45, 7) is 6.08. The topological polar surface area (TPSA) is 56.8 Å². The first kappa shape index (κ1) is 17.5. The van der Waals surface area contributed by atoms with Gasteiger partial charge in [0.25, 0.3) is 0 Å². The van der Waals surface area contributed by atoms with Gasteiger partial charge in [0.15, 0.2) is 0 Å². The van der Waals surface area contributed by atoms with Crippen molar-refractivity contribution >= 4 is 11.6 Å². The summed E-state index contributed by atoms with van der Waals surface area (Å²) in [5.74, 6) is 0.815. The van der Waals surface area contributed by atoms with Crippen molar-refractivity contribution in [2.75, 3.05) is 38.9 Å². The highest BCUT2D eigenvalue weighted by molar-refractivity contribution is 5.92. The van der Waals surface area contributed by atoms with E-state index < -0.39 is 0 Å². The van der Waals surface area contributed by atoms with E-state index in [2.05, 4.69) is 5.32 Å². The van der Waals surface area contributed by atoms with Gasteiger partial charge < -0.3 is 19.5 Å². The Kier molecular flexibility index (Phi) is 8.47. The molecule has 1 rings (SSSR count). The molecular formula is C16H25NO4. The molecular weight excluding hydrogens is 270 g/mol. The number of rotatable bonds is 10. The molecule has 118 valence electrons. The molecule has 0 radical (unpaired) electrons. The molecule has 0 aromatic heterocycles. The third-order valence-electron chi connectivity index (χ3n) is 3.11. The van der Waals surface area contributed by atoms with Gasteiger partial charge in [-0.25, -0.2) is 0 Å². The highest BCUT2D eigenvalue weighted by Crippen LogP contribution is 2.16. The number of hydrogen-bond donors (Lipinski definition) is 1. The van der Waals surface area contributed by atoms with Crippen LogP contribution in [0.1, 0.15) is 20.3 Å². The number of anilines is 1. The summed E-state index contributed by atoms with van der Waals surface area (Å²) in [6, 6.07) is 7.34. The molecule has 0 bridgehead atoms. The molecule has 1 aromatic carbocycles. The average Bonchev–Trinajstić information content (AvgIpc) is 2.51. The second kappa shape index (κ2) is 10.2. The van der Waals surface area contributed by atoms with Crippen LogP contribution in [0.15, 0.2) is 24.3 Å². The van der Waals surface area contributed by atoms with E-state index in [0.717, 1.165) is 17.9 Å². The van der Waals surface area contributed by atoms with Crippen LogP contribution in [0.4, 0.5) is 5.69 Å². The summed E-state index contributed by atoms with van der Waals surface area (Å²) in [4.78, 5) is 11.8. The smallest absolute Gasteiger partial charge is 0.227 e. The predicted molar refractivity (Wildman–Crippen MR) is 82.7 cm³/mol. The molecule has 0 fully saturated rings. The minimum Gasteiger partial charge on any atom is -0.491 e. The lowest BCUT2D eigenvalue weighted by Gasteiger charge is -2.11. The van der Waals surface area contributed by atoms with Gasteiger partial charge in [0.2, 0.25) is 5.91 Å². The van der Waals surface area contributed by atoms with Gasteiger partial charge in [-0.1, -0.05) is 13.8 Å². The highest BCUT2D eigenvalue weighted by Gasteiger charge is 2.10. The first-order chi connectivity index (χ1) is 10.2. The van der Waals surface area contributed by atoms with E-state index in [0.29, 0.717) is 26.4 Å². The lowest BCUT2D eigenvalue weighted by molar-refractivity contribution is -0.119. The molecule has 0 aliphatic rings. The lowest BCUT2D eigenvalue weighted by Crippen LogP contribution is -2.19. The van der Waals surface area contributed by atoms with Crippen molar-refractivity contribution in [3.05, 3.63) is 24.3 Å². The van der Waals surface area contributed by atoms with Gasteiger partial charge in [-0.15, -0.1) is 0 Å². The van der Waals surface area contributed by atoms with Crippen molar-refractivity contribution in [2.24, 2.45) is 5.92 Å². The molecule has 1 amide bonds. The SMILES string of the molecule is CCC(C)C(=O)Nc1ccc(OCCOCCOC)cc1. The van der Waals surface area contributed by atoms with Crippen LogP contribution in [-0.2, 0) is 14.3 Å². The van der Waals surface area contributed by atoms with Gasteiger partial charge in [0.05, 0.1) is 19.8 Å². The Morgan fingerprint density at radius 2 is 1.81 bits per heavy atom. The fourth-order valence-corrected chi connectivity index (χ4v) is 1.55. The van der Waals surface area contributed by atoms with Crippen LogP contribution >= 0.6 is 0 Å². The summed E-state index contributed by atoms with van der Waals surface area (Å²) in [5.41, 5.74) is 0.781. The fraction of sp³-hybridized carbons (Fsp3) is 0.562. The van der Waals surface area contributed by atoms with E-state index >= 15 is 0 Å². The summed E-state index contributed by atoms with van der Waals surface area (Å²) in [5, 5.41) is 2.88. The Labute approximate surface area is 126 Å². The van der Waals surface area contributed by atoms with Gasteiger partial charge in [0, 0.05) is 18.7 Å². The number of ether oxygens (including phenoxy) is 3. The third-order valence-corrected chi connectivity index (χ3v) is 3.11. The summed E-state index contributed by atoms with van der Waals surface area (Å²) >= 11 is 0. The normalized spacial score (nSPS) is 12.0. The van der Waals surface area contributed by atoms with Crippen molar-refractivity contribution in [1.29, 1.82) is 0 Å². The van der Waals surface area contributed by atoms with Crippen molar-refractivity contribution in [3.63, 3.8) is 0 Å². The van der Waals surface area contributed by atoms with E-state index in [1.165, 1.54) is 0 Å². The molecule has 1 N–H and O–H groups in total. The maximum Gasteiger partial charge on any atom is 0.227 e. The molecule has 5 heteroatoms. The average molecular weight is 295 g/mol. The van der Waals surface area contributed by atoms with Crippen LogP contribution in [0.5, 0.6) is 5.75 Å². The van der Waals surface area contributed by atoms with E-state index in [4.69, 9.17) is 14.2 Å². The monoisotopic (exact) mass is 295 g/mol. The van der Waals surface area contributed by atoms with Gasteiger partial charge in [-0.3, -0.25) is 4.79 Å². The lowest BCUT2D eigenvalue weighted by atomic mass is 10.1. The number of methoxy groups -OCH3 is 1. The van der Waals surface area contributed by atoms with Crippen molar-refractivity contribution in [1.82, 2.24) is 0 Å². The van der Waals surface area contributed by atoms with Crippen LogP contribution in [-0.4, -0.2) is 39.4 Å². The van der Waals surface area contributed by atoms with Crippen LogP contribution in [0.2, 0.25) is 0 Å². The van der Waals surface area contributed by atoms with E-state index in [1.54, 1.807) is 7.11 Å². The Hall–Kier alpha value is -1.59. The molecule has 5 nitrogen and oxygen atoms in total. The Balaban J connectivity index is 2.28. The van der Waals surface area contributed by atoms with E-state index in [1.807, 2.05) is 38.1 Å². The summed E-state index contributed by atoms with van der Waals surface area (Å²) in [6.07, 6.45) is 0.829. The first-order valence-corrected chi connectivity index (χ1v) is 7.27. The molecule has 1 unspecified atom stereocenters. The van der Waals surface area contributed by atoms with Gasteiger partial charge in [0.1, 0.15) is 12.4 Å². The molecule has 0 aliphatic carbocycles. The highest BCUT2D eigenvalue weighted by atomic mass is 16.5. The van der Waals surface area contributed by atoms with Gasteiger partial charge >= 0.3 is 0 Å². The minimum absolute atomic E-state index is 0.0187. The molecule has 0 aliphatic heterocycles. The van der Waals surface area contributed by atoms with Crippen molar-refractivity contribution in [2.45, 2.75) is 20.3 Å². The largest absolute Gasteiger partial charge is 0.491 e. The van der Waals surface area contributed by atoms with Crippen LogP contribution in [0, 0.1) is 5.92 Å². The number of benzene rings is 1. The number of carbonyl (C=O) groups is 1. The molecule has 0 heterocycles.